The topological polar surface area (TPSA) is 41.9 Å². The van der Waals surface area contributed by atoms with Gasteiger partial charge in [0.1, 0.15) is 12.6 Å². The van der Waals surface area contributed by atoms with Crippen molar-refractivity contribution in [1.82, 2.24) is 0 Å². The zero-order chi connectivity index (χ0) is 20.8. The van der Waals surface area contributed by atoms with Crippen molar-refractivity contribution in [3.63, 3.8) is 0 Å². The number of hydrogen-bond donors (Lipinski definition) is 0. The number of rotatable bonds is 7. The first-order valence-electron chi connectivity index (χ1n) is 9.80. The summed E-state index contributed by atoms with van der Waals surface area (Å²) in [6, 6.07) is 23.7. The molecule has 0 aliphatic heterocycles. The van der Waals surface area contributed by atoms with Crippen LogP contribution in [0.2, 0.25) is 0 Å². The molecule has 0 amide bonds. The van der Waals surface area contributed by atoms with Crippen LogP contribution in [0.25, 0.3) is 11.1 Å². The highest BCUT2D eigenvalue weighted by atomic mass is 79.9. The molecule has 0 aliphatic carbocycles. The molecule has 0 atom stereocenters. The molecule has 32 heavy (non-hydrogen) atoms. The molecule has 0 saturated heterocycles. The van der Waals surface area contributed by atoms with Gasteiger partial charge in [0.25, 0.3) is 0 Å². The Bertz CT molecular complexity index is 1050. The van der Waals surface area contributed by atoms with Gasteiger partial charge < -0.3 is 34.0 Å². The first-order valence-corrected chi connectivity index (χ1v) is 9.80. The van der Waals surface area contributed by atoms with Gasteiger partial charge in [-0.15, -0.1) is 0 Å². The minimum absolute atomic E-state index is 0. The summed E-state index contributed by atoms with van der Waals surface area (Å²) in [5.74, 6) is 0. The molecule has 4 aromatic rings. The Kier molecular flexibility index (Phi) is 9.62. The molecule has 0 bridgehead atoms. The van der Waals surface area contributed by atoms with Crippen LogP contribution in [-0.4, -0.2) is 12.6 Å². The number of hydrogen-bond acceptors (Lipinski definition) is 2. The summed E-state index contributed by atoms with van der Waals surface area (Å²) in [6.45, 7) is 1.52. The van der Waals surface area contributed by atoms with Crippen molar-refractivity contribution in [2.24, 2.45) is 0 Å². The SMILES string of the molecule is O=Cc1ccc(C[n+]2ccc(-c3cc[n+](Cc4ccc(C=O)cc4)cc3)cc2)cc1.[Br-].[Br-]. The van der Waals surface area contributed by atoms with Crippen molar-refractivity contribution >= 4 is 12.6 Å². The van der Waals surface area contributed by atoms with Crippen LogP contribution in [0, 0.1) is 0 Å². The molecular weight excluding hydrogens is 532 g/mol. The van der Waals surface area contributed by atoms with Crippen LogP contribution in [0.5, 0.6) is 0 Å². The Hall–Kier alpha value is -2.96. The highest BCUT2D eigenvalue weighted by molar-refractivity contribution is 5.75. The number of aromatic nitrogens is 2. The Balaban J connectivity index is 0.00000181. The summed E-state index contributed by atoms with van der Waals surface area (Å²) < 4.78 is 4.23. The van der Waals surface area contributed by atoms with Gasteiger partial charge in [0.05, 0.1) is 0 Å². The predicted molar refractivity (Wildman–Crippen MR) is 114 cm³/mol. The highest BCUT2D eigenvalue weighted by Gasteiger charge is 2.07. The molecular formula is C26H22Br2N2O2. The van der Waals surface area contributed by atoms with Crippen LogP contribution in [-0.2, 0) is 13.1 Å². The number of carbonyl (C=O) groups is 2. The maximum absolute atomic E-state index is 10.8. The van der Waals surface area contributed by atoms with Gasteiger partial charge in [0.15, 0.2) is 37.9 Å². The van der Waals surface area contributed by atoms with Gasteiger partial charge in [-0.2, -0.15) is 0 Å². The maximum atomic E-state index is 10.8. The second kappa shape index (κ2) is 12.2. The molecule has 0 unspecified atom stereocenters. The van der Waals surface area contributed by atoms with Crippen molar-refractivity contribution in [2.45, 2.75) is 13.1 Å². The predicted octanol–water partition coefficient (Wildman–Crippen LogP) is -2.34. The van der Waals surface area contributed by atoms with Crippen molar-refractivity contribution < 1.29 is 52.7 Å². The Morgan fingerprint density at radius 2 is 0.812 bits per heavy atom. The third kappa shape index (κ3) is 6.52. The molecule has 2 heterocycles. The molecule has 0 spiro atoms. The van der Waals surface area contributed by atoms with E-state index in [-0.39, 0.29) is 34.0 Å². The van der Waals surface area contributed by atoms with Gasteiger partial charge in [-0.1, -0.05) is 48.5 Å². The van der Waals surface area contributed by atoms with E-state index in [9.17, 15) is 9.59 Å². The maximum Gasteiger partial charge on any atom is 0.173 e. The fraction of sp³-hybridized carbons (Fsp3) is 0.0769. The van der Waals surface area contributed by atoms with Crippen LogP contribution >= 0.6 is 0 Å². The number of nitrogens with zero attached hydrogens (tertiary/aromatic N) is 2. The summed E-state index contributed by atoms with van der Waals surface area (Å²) >= 11 is 0. The second-order valence-corrected chi connectivity index (χ2v) is 7.24. The summed E-state index contributed by atoms with van der Waals surface area (Å²) in [6.07, 6.45) is 9.99. The fourth-order valence-corrected chi connectivity index (χ4v) is 3.34. The molecule has 0 N–H and O–H groups in total. The highest BCUT2D eigenvalue weighted by Crippen LogP contribution is 2.16. The molecule has 2 aromatic carbocycles. The van der Waals surface area contributed by atoms with E-state index in [0.29, 0.717) is 11.1 Å². The smallest absolute Gasteiger partial charge is 0.173 e. The average Bonchev–Trinajstić information content (AvgIpc) is 2.81. The van der Waals surface area contributed by atoms with E-state index >= 15 is 0 Å². The molecule has 162 valence electrons. The van der Waals surface area contributed by atoms with Crippen LogP contribution < -0.4 is 43.1 Å². The molecule has 2 aromatic heterocycles. The van der Waals surface area contributed by atoms with Crippen molar-refractivity contribution in [3.05, 3.63) is 120 Å². The molecule has 0 radical (unpaired) electrons. The largest absolute Gasteiger partial charge is 1.00 e. The Morgan fingerprint density at radius 1 is 0.500 bits per heavy atom. The van der Waals surface area contributed by atoms with Crippen LogP contribution in [0.3, 0.4) is 0 Å². The van der Waals surface area contributed by atoms with Gasteiger partial charge in [-0.25, -0.2) is 9.13 Å². The molecule has 0 saturated carbocycles. The zero-order valence-corrected chi connectivity index (χ0v) is 20.4. The number of halogens is 2. The van der Waals surface area contributed by atoms with E-state index in [0.717, 1.165) is 47.9 Å². The molecule has 6 heteroatoms. The zero-order valence-electron chi connectivity index (χ0n) is 17.3. The Morgan fingerprint density at radius 3 is 1.09 bits per heavy atom. The first-order chi connectivity index (χ1) is 14.7. The lowest BCUT2D eigenvalue weighted by Crippen LogP contribution is -3.00. The van der Waals surface area contributed by atoms with E-state index in [4.69, 9.17) is 0 Å². The first kappa shape index (κ1) is 25.3. The molecule has 0 aliphatic rings. The van der Waals surface area contributed by atoms with Crippen molar-refractivity contribution in [1.29, 1.82) is 0 Å². The van der Waals surface area contributed by atoms with Gasteiger partial charge in [0.2, 0.25) is 0 Å². The summed E-state index contributed by atoms with van der Waals surface area (Å²) in [5.41, 5.74) is 6.01. The normalized spacial score (nSPS) is 9.88. The molecule has 4 nitrogen and oxygen atoms in total. The van der Waals surface area contributed by atoms with Crippen LogP contribution in [0.4, 0.5) is 0 Å². The van der Waals surface area contributed by atoms with Crippen LogP contribution in [0.1, 0.15) is 31.8 Å². The number of carbonyl (C=O) groups excluding carboxylic acids is 2. The van der Waals surface area contributed by atoms with E-state index in [2.05, 4.69) is 58.2 Å². The fourth-order valence-electron chi connectivity index (χ4n) is 3.34. The lowest BCUT2D eigenvalue weighted by molar-refractivity contribution is -0.688. The summed E-state index contributed by atoms with van der Waals surface area (Å²) in [7, 11) is 0. The Labute approximate surface area is 208 Å². The standard InChI is InChI=1S/C26H22N2O2.2BrH/c29-19-23-5-1-21(2-6-23)17-27-13-9-25(10-14-27)26-11-15-28(16-12-26)18-22-3-7-24(20-30)8-4-22;;/h1-16,19-20H,17-18H2;2*1H/q+2;;/p-2. The van der Waals surface area contributed by atoms with Gasteiger partial charge in [-0.3, -0.25) is 9.59 Å². The van der Waals surface area contributed by atoms with Gasteiger partial charge in [0, 0.05) is 46.5 Å². The van der Waals surface area contributed by atoms with E-state index in [1.54, 1.807) is 0 Å². The second-order valence-electron chi connectivity index (χ2n) is 7.24. The number of pyridine rings is 2. The minimum atomic E-state index is 0. The van der Waals surface area contributed by atoms with Crippen LogP contribution in [0.15, 0.2) is 97.6 Å². The minimum Gasteiger partial charge on any atom is -1.00 e. The van der Waals surface area contributed by atoms with Gasteiger partial charge >= 0.3 is 0 Å². The average molecular weight is 554 g/mol. The lowest BCUT2D eigenvalue weighted by atomic mass is 10.1. The number of benzene rings is 2. The van der Waals surface area contributed by atoms with E-state index in [1.165, 1.54) is 0 Å². The number of aldehydes is 2. The molecule has 0 fully saturated rings. The molecule has 4 rings (SSSR count). The van der Waals surface area contributed by atoms with Crippen molar-refractivity contribution in [2.75, 3.05) is 0 Å². The quantitative estimate of drug-likeness (QED) is 0.190. The monoisotopic (exact) mass is 552 g/mol. The summed E-state index contributed by atoms with van der Waals surface area (Å²) in [5, 5.41) is 0. The van der Waals surface area contributed by atoms with Gasteiger partial charge in [-0.05, 0) is 11.1 Å². The third-order valence-electron chi connectivity index (χ3n) is 5.08. The third-order valence-corrected chi connectivity index (χ3v) is 5.08. The van der Waals surface area contributed by atoms with E-state index in [1.807, 2.05) is 48.5 Å². The summed E-state index contributed by atoms with van der Waals surface area (Å²) in [4.78, 5) is 21.5. The van der Waals surface area contributed by atoms with E-state index < -0.39 is 0 Å². The van der Waals surface area contributed by atoms with Crippen molar-refractivity contribution in [3.8, 4) is 11.1 Å². The lowest BCUT2D eigenvalue weighted by Gasteiger charge is -2.03.